The molecule has 3 heteroatoms. The molecule has 0 bridgehead atoms. The van der Waals surface area contributed by atoms with Gasteiger partial charge >= 0.3 is 0 Å². The number of hydrogen-bond donors (Lipinski definition) is 1. The van der Waals surface area contributed by atoms with Crippen molar-refractivity contribution in [2.45, 2.75) is 32.3 Å². The number of aliphatic hydroxyl groups excluding tert-OH is 1. The maximum Gasteiger partial charge on any atom is 0.123 e. The van der Waals surface area contributed by atoms with E-state index in [4.69, 9.17) is 4.74 Å². The number of ether oxygens (including phenoxy) is 1. The quantitative estimate of drug-likeness (QED) is 0.862. The second kappa shape index (κ2) is 5.69. The van der Waals surface area contributed by atoms with E-state index in [2.05, 4.69) is 42.8 Å². The lowest BCUT2D eigenvalue weighted by molar-refractivity contribution is 0.126. The molecule has 0 aliphatic rings. The molecular weight excluding hydrogens is 268 g/mol. The highest BCUT2D eigenvalue weighted by Crippen LogP contribution is 2.30. The Hall–Kier alpha value is -0.540. The van der Waals surface area contributed by atoms with E-state index in [0.717, 1.165) is 11.3 Å². The van der Waals surface area contributed by atoms with Crippen LogP contribution in [0.1, 0.15) is 26.3 Å². The molecule has 0 saturated carbocycles. The normalized spacial score (nSPS) is 13.6. The predicted octanol–water partition coefficient (Wildman–Crippen LogP) is 3.12. The zero-order chi connectivity index (χ0) is 12.2. The molecule has 1 N–H and O–H groups in total. The lowest BCUT2D eigenvalue weighted by Gasteiger charge is -2.23. The third-order valence-corrected chi connectivity index (χ3v) is 3.05. The number of alkyl halides is 1. The fourth-order valence-corrected chi connectivity index (χ4v) is 1.63. The zero-order valence-corrected chi connectivity index (χ0v) is 11.6. The highest BCUT2D eigenvalue weighted by atomic mass is 79.9. The van der Waals surface area contributed by atoms with Crippen molar-refractivity contribution in [3.05, 3.63) is 29.8 Å². The van der Waals surface area contributed by atoms with Crippen LogP contribution in [0.2, 0.25) is 0 Å². The van der Waals surface area contributed by atoms with Crippen LogP contribution in [-0.2, 0) is 5.41 Å². The molecule has 1 aromatic carbocycles. The van der Waals surface area contributed by atoms with Crippen LogP contribution < -0.4 is 4.74 Å². The summed E-state index contributed by atoms with van der Waals surface area (Å²) in [6, 6.07) is 7.97. The van der Waals surface area contributed by atoms with Crippen molar-refractivity contribution in [2.75, 3.05) is 11.9 Å². The molecule has 2 nitrogen and oxygen atoms in total. The summed E-state index contributed by atoms with van der Waals surface area (Å²) in [4.78, 5) is 0. The molecule has 1 unspecified atom stereocenters. The van der Waals surface area contributed by atoms with Gasteiger partial charge in [-0.15, -0.1) is 0 Å². The number of hydrogen-bond acceptors (Lipinski definition) is 2. The number of benzene rings is 1. The van der Waals surface area contributed by atoms with Crippen molar-refractivity contribution in [3.8, 4) is 5.75 Å². The summed E-state index contributed by atoms with van der Waals surface area (Å²) in [7, 11) is 0. The summed E-state index contributed by atoms with van der Waals surface area (Å²) >= 11 is 3.22. The molecule has 0 spiro atoms. The second-order valence-electron chi connectivity index (χ2n) is 4.87. The largest absolute Gasteiger partial charge is 0.491 e. The molecule has 0 radical (unpaired) electrons. The second-order valence-corrected chi connectivity index (χ2v) is 5.51. The van der Waals surface area contributed by atoms with Gasteiger partial charge in [0.15, 0.2) is 0 Å². The molecule has 1 atom stereocenters. The van der Waals surface area contributed by atoms with Gasteiger partial charge in [-0.2, -0.15) is 0 Å². The van der Waals surface area contributed by atoms with Crippen molar-refractivity contribution in [3.63, 3.8) is 0 Å². The standard InChI is InChI=1S/C13H19BrO2/c1-13(2,3)11-6-4-5-7-12(11)16-9-10(15)8-14/h4-7,10,15H,8-9H2,1-3H3. The van der Waals surface area contributed by atoms with Gasteiger partial charge in [0.1, 0.15) is 12.4 Å². The number of halogens is 1. The molecular formula is C13H19BrO2. The fourth-order valence-electron chi connectivity index (χ4n) is 1.44. The van der Waals surface area contributed by atoms with Crippen LogP contribution in [0.3, 0.4) is 0 Å². The van der Waals surface area contributed by atoms with Crippen molar-refractivity contribution >= 4 is 15.9 Å². The molecule has 0 aliphatic heterocycles. The molecule has 0 heterocycles. The van der Waals surface area contributed by atoms with Gasteiger partial charge in [-0.3, -0.25) is 0 Å². The summed E-state index contributed by atoms with van der Waals surface area (Å²) in [6.07, 6.45) is -0.465. The summed E-state index contributed by atoms with van der Waals surface area (Å²) < 4.78 is 5.64. The molecule has 0 saturated heterocycles. The molecule has 1 rings (SSSR count). The van der Waals surface area contributed by atoms with E-state index in [9.17, 15) is 5.11 Å². The van der Waals surface area contributed by atoms with Crippen molar-refractivity contribution in [2.24, 2.45) is 0 Å². The Labute approximate surface area is 106 Å². The average Bonchev–Trinajstić information content (AvgIpc) is 2.25. The first-order chi connectivity index (χ1) is 7.45. The lowest BCUT2D eigenvalue weighted by atomic mass is 9.86. The first-order valence-electron chi connectivity index (χ1n) is 5.41. The van der Waals surface area contributed by atoms with E-state index in [1.54, 1.807) is 0 Å². The zero-order valence-electron chi connectivity index (χ0n) is 10.0. The first kappa shape index (κ1) is 13.5. The van der Waals surface area contributed by atoms with Gasteiger partial charge < -0.3 is 9.84 Å². The minimum absolute atomic E-state index is 0.0515. The van der Waals surface area contributed by atoms with Crippen LogP contribution >= 0.6 is 15.9 Å². The van der Waals surface area contributed by atoms with Crippen LogP contribution in [0, 0.1) is 0 Å². The Morgan fingerprint density at radius 1 is 1.31 bits per heavy atom. The van der Waals surface area contributed by atoms with Crippen LogP contribution in [0.5, 0.6) is 5.75 Å². The van der Waals surface area contributed by atoms with Crippen molar-refractivity contribution in [1.82, 2.24) is 0 Å². The highest BCUT2D eigenvalue weighted by molar-refractivity contribution is 9.09. The molecule has 0 aromatic heterocycles. The smallest absolute Gasteiger partial charge is 0.123 e. The average molecular weight is 287 g/mol. The molecule has 16 heavy (non-hydrogen) atoms. The lowest BCUT2D eigenvalue weighted by Crippen LogP contribution is -2.21. The molecule has 0 amide bonds. The number of aliphatic hydroxyl groups is 1. The Bertz CT molecular complexity index is 331. The third-order valence-electron chi connectivity index (χ3n) is 2.30. The van der Waals surface area contributed by atoms with E-state index >= 15 is 0 Å². The summed E-state index contributed by atoms with van der Waals surface area (Å²) in [5.41, 5.74) is 1.22. The Morgan fingerprint density at radius 3 is 2.50 bits per heavy atom. The minimum Gasteiger partial charge on any atom is -0.491 e. The molecule has 90 valence electrons. The molecule has 0 aliphatic carbocycles. The van der Waals surface area contributed by atoms with Crippen LogP contribution in [-0.4, -0.2) is 23.1 Å². The maximum atomic E-state index is 9.44. The molecule has 0 fully saturated rings. The predicted molar refractivity (Wildman–Crippen MR) is 70.4 cm³/mol. The van der Waals surface area contributed by atoms with Gasteiger partial charge in [0.25, 0.3) is 0 Å². The van der Waals surface area contributed by atoms with Gasteiger partial charge in [0.2, 0.25) is 0 Å². The molecule has 1 aromatic rings. The number of rotatable bonds is 4. The van der Waals surface area contributed by atoms with Gasteiger partial charge in [-0.1, -0.05) is 54.9 Å². The van der Waals surface area contributed by atoms with Crippen LogP contribution in [0.25, 0.3) is 0 Å². The van der Waals surface area contributed by atoms with Gasteiger partial charge in [-0.05, 0) is 17.0 Å². The Morgan fingerprint density at radius 2 is 1.94 bits per heavy atom. The van der Waals surface area contributed by atoms with Crippen molar-refractivity contribution < 1.29 is 9.84 Å². The maximum absolute atomic E-state index is 9.44. The fraction of sp³-hybridized carbons (Fsp3) is 0.538. The Balaban J connectivity index is 2.80. The van der Waals surface area contributed by atoms with Crippen LogP contribution in [0.4, 0.5) is 0 Å². The van der Waals surface area contributed by atoms with E-state index in [0.29, 0.717) is 11.9 Å². The van der Waals surface area contributed by atoms with Gasteiger partial charge in [0, 0.05) is 5.33 Å². The van der Waals surface area contributed by atoms with E-state index in [1.165, 1.54) is 0 Å². The Kier molecular flexibility index (Phi) is 4.81. The van der Waals surface area contributed by atoms with E-state index < -0.39 is 6.10 Å². The minimum atomic E-state index is -0.465. The summed E-state index contributed by atoms with van der Waals surface area (Å²) in [5.74, 6) is 0.856. The number of para-hydroxylation sites is 1. The van der Waals surface area contributed by atoms with Gasteiger partial charge in [0.05, 0.1) is 6.10 Å². The van der Waals surface area contributed by atoms with E-state index in [1.807, 2.05) is 18.2 Å². The first-order valence-corrected chi connectivity index (χ1v) is 6.53. The topological polar surface area (TPSA) is 29.5 Å². The third kappa shape index (κ3) is 3.80. The summed E-state index contributed by atoms with van der Waals surface area (Å²) in [5, 5.41) is 9.97. The highest BCUT2D eigenvalue weighted by Gasteiger charge is 2.18. The SMILES string of the molecule is CC(C)(C)c1ccccc1OCC(O)CBr. The monoisotopic (exact) mass is 286 g/mol. The van der Waals surface area contributed by atoms with Crippen molar-refractivity contribution in [1.29, 1.82) is 0 Å². The summed E-state index contributed by atoms with van der Waals surface area (Å²) in [6.45, 7) is 6.76. The van der Waals surface area contributed by atoms with E-state index in [-0.39, 0.29) is 5.41 Å². The van der Waals surface area contributed by atoms with Gasteiger partial charge in [-0.25, -0.2) is 0 Å². The van der Waals surface area contributed by atoms with Crippen LogP contribution in [0.15, 0.2) is 24.3 Å².